The van der Waals surface area contributed by atoms with E-state index in [4.69, 9.17) is 5.26 Å². The Kier molecular flexibility index (Phi) is 4.13. The molecule has 1 N–H and O–H groups in total. The van der Waals surface area contributed by atoms with E-state index in [0.717, 1.165) is 30.9 Å². The first kappa shape index (κ1) is 12.8. The number of hydrogen-bond donors (Lipinski definition) is 1. The Morgan fingerprint density at radius 1 is 1.56 bits per heavy atom. The van der Waals surface area contributed by atoms with E-state index >= 15 is 0 Å². The van der Waals surface area contributed by atoms with Gasteiger partial charge in [-0.25, -0.2) is 4.98 Å². The summed E-state index contributed by atoms with van der Waals surface area (Å²) in [5.41, 5.74) is 6.04. The molecule has 2 aromatic rings. The van der Waals surface area contributed by atoms with E-state index in [0.29, 0.717) is 5.69 Å². The maximum absolute atomic E-state index is 8.95. The molecular weight excluding hydrogens is 244 g/mol. The Labute approximate surface area is 111 Å². The molecular formula is C13H16N4S. The van der Waals surface area contributed by atoms with Crippen LogP contribution in [-0.2, 0) is 20.0 Å². The zero-order valence-corrected chi connectivity index (χ0v) is 11.4. The van der Waals surface area contributed by atoms with Gasteiger partial charge in [0, 0.05) is 37.6 Å². The third-order valence-electron chi connectivity index (χ3n) is 3.11. The molecule has 18 heavy (non-hydrogen) atoms. The fraction of sp³-hybridized carbons (Fsp3) is 0.385. The molecule has 0 aliphatic rings. The SMILES string of the molecule is Cc1c(CNCCc2cscn2)cc(C#N)n1C. The second-order valence-electron chi connectivity index (χ2n) is 4.22. The van der Waals surface area contributed by atoms with Gasteiger partial charge in [0.2, 0.25) is 0 Å². The molecule has 0 amide bonds. The van der Waals surface area contributed by atoms with Gasteiger partial charge >= 0.3 is 0 Å². The fourth-order valence-electron chi connectivity index (χ4n) is 1.85. The van der Waals surface area contributed by atoms with Crippen molar-refractivity contribution in [1.82, 2.24) is 14.9 Å². The van der Waals surface area contributed by atoms with Gasteiger partial charge in [0.05, 0.1) is 11.2 Å². The average molecular weight is 260 g/mol. The van der Waals surface area contributed by atoms with Crippen molar-refractivity contribution in [3.63, 3.8) is 0 Å². The van der Waals surface area contributed by atoms with E-state index < -0.39 is 0 Å². The monoisotopic (exact) mass is 260 g/mol. The predicted octanol–water partition coefficient (Wildman–Crippen LogP) is 1.99. The summed E-state index contributed by atoms with van der Waals surface area (Å²) in [7, 11) is 1.92. The van der Waals surface area contributed by atoms with E-state index in [1.54, 1.807) is 11.3 Å². The van der Waals surface area contributed by atoms with Crippen LogP contribution in [0, 0.1) is 18.3 Å². The van der Waals surface area contributed by atoms with Crippen LogP contribution in [0.15, 0.2) is 17.0 Å². The predicted molar refractivity (Wildman–Crippen MR) is 72.4 cm³/mol. The summed E-state index contributed by atoms with van der Waals surface area (Å²) in [5, 5.41) is 14.4. The van der Waals surface area contributed by atoms with Crippen LogP contribution in [0.25, 0.3) is 0 Å². The number of rotatable bonds is 5. The molecule has 2 heterocycles. The lowest BCUT2D eigenvalue weighted by atomic mass is 10.2. The Hall–Kier alpha value is -1.64. The quantitative estimate of drug-likeness (QED) is 0.837. The number of aromatic nitrogens is 2. The first-order valence-electron chi connectivity index (χ1n) is 5.85. The van der Waals surface area contributed by atoms with Crippen molar-refractivity contribution in [1.29, 1.82) is 5.26 Å². The maximum Gasteiger partial charge on any atom is 0.120 e. The number of nitrogens with zero attached hydrogens (tertiary/aromatic N) is 3. The van der Waals surface area contributed by atoms with Crippen LogP contribution in [-0.4, -0.2) is 16.1 Å². The summed E-state index contributed by atoms with van der Waals surface area (Å²) in [6, 6.07) is 4.15. The zero-order valence-electron chi connectivity index (χ0n) is 10.6. The molecule has 0 fully saturated rings. The minimum atomic E-state index is 0.712. The van der Waals surface area contributed by atoms with Gasteiger partial charge in [0.25, 0.3) is 0 Å². The molecule has 0 spiro atoms. The van der Waals surface area contributed by atoms with Gasteiger partial charge in [-0.05, 0) is 18.6 Å². The molecule has 4 nitrogen and oxygen atoms in total. The van der Waals surface area contributed by atoms with E-state index in [2.05, 4.69) is 21.8 Å². The van der Waals surface area contributed by atoms with E-state index in [1.807, 2.05) is 30.1 Å². The highest BCUT2D eigenvalue weighted by Gasteiger charge is 2.07. The molecule has 0 aromatic carbocycles. The van der Waals surface area contributed by atoms with Gasteiger partial charge in [-0.2, -0.15) is 5.26 Å². The standard InChI is InChI=1S/C13H16N4S/c1-10-11(5-13(6-14)17(10)2)7-15-4-3-12-8-18-9-16-12/h5,8-9,15H,3-4,7H2,1-2H3. The van der Waals surface area contributed by atoms with Crippen LogP contribution in [0.1, 0.15) is 22.6 Å². The second-order valence-corrected chi connectivity index (χ2v) is 4.94. The van der Waals surface area contributed by atoms with Crippen LogP contribution < -0.4 is 5.32 Å². The smallest absolute Gasteiger partial charge is 0.120 e. The van der Waals surface area contributed by atoms with Crippen molar-refractivity contribution in [2.24, 2.45) is 7.05 Å². The highest BCUT2D eigenvalue weighted by molar-refractivity contribution is 7.07. The Bertz CT molecular complexity index is 548. The minimum absolute atomic E-state index is 0.712. The molecule has 0 unspecified atom stereocenters. The van der Waals surface area contributed by atoms with Crippen molar-refractivity contribution in [3.05, 3.63) is 39.6 Å². The first-order chi connectivity index (χ1) is 8.72. The van der Waals surface area contributed by atoms with Crippen molar-refractivity contribution >= 4 is 11.3 Å². The van der Waals surface area contributed by atoms with Gasteiger partial charge in [-0.1, -0.05) is 0 Å². The van der Waals surface area contributed by atoms with Crippen molar-refractivity contribution < 1.29 is 0 Å². The van der Waals surface area contributed by atoms with Crippen molar-refractivity contribution in [3.8, 4) is 6.07 Å². The Balaban J connectivity index is 1.85. The largest absolute Gasteiger partial charge is 0.340 e. The molecule has 0 saturated carbocycles. The normalized spacial score (nSPS) is 10.5. The van der Waals surface area contributed by atoms with Gasteiger partial charge in [-0.3, -0.25) is 0 Å². The summed E-state index contributed by atoms with van der Waals surface area (Å²) in [6.45, 7) is 3.74. The molecule has 0 atom stereocenters. The molecule has 0 radical (unpaired) electrons. The maximum atomic E-state index is 8.95. The van der Waals surface area contributed by atoms with Crippen molar-refractivity contribution in [2.45, 2.75) is 19.9 Å². The molecule has 2 aromatic heterocycles. The highest BCUT2D eigenvalue weighted by atomic mass is 32.1. The summed E-state index contributed by atoms with van der Waals surface area (Å²) in [4.78, 5) is 4.24. The van der Waals surface area contributed by atoms with Gasteiger partial charge < -0.3 is 9.88 Å². The number of nitrogens with one attached hydrogen (secondary N) is 1. The summed E-state index contributed by atoms with van der Waals surface area (Å²) < 4.78 is 1.93. The lowest BCUT2D eigenvalue weighted by Gasteiger charge is -2.04. The molecule has 0 aliphatic heterocycles. The Morgan fingerprint density at radius 3 is 3.00 bits per heavy atom. The van der Waals surface area contributed by atoms with Crippen molar-refractivity contribution in [2.75, 3.05) is 6.54 Å². The fourth-order valence-corrected chi connectivity index (χ4v) is 2.44. The highest BCUT2D eigenvalue weighted by Crippen LogP contribution is 2.12. The second kappa shape index (κ2) is 5.80. The number of nitriles is 1. The van der Waals surface area contributed by atoms with Crippen LogP contribution in [0.2, 0.25) is 0 Å². The average Bonchev–Trinajstić information content (AvgIpc) is 2.97. The summed E-state index contributed by atoms with van der Waals surface area (Å²) in [5.74, 6) is 0. The first-order valence-corrected chi connectivity index (χ1v) is 6.79. The van der Waals surface area contributed by atoms with Gasteiger partial charge in [0.15, 0.2) is 0 Å². The van der Waals surface area contributed by atoms with Gasteiger partial charge in [0.1, 0.15) is 11.8 Å². The molecule has 5 heteroatoms. The van der Waals surface area contributed by atoms with Crippen LogP contribution in [0.3, 0.4) is 0 Å². The number of thiazole rings is 1. The van der Waals surface area contributed by atoms with Gasteiger partial charge in [-0.15, -0.1) is 11.3 Å². The molecule has 0 bridgehead atoms. The summed E-state index contributed by atoms with van der Waals surface area (Å²) >= 11 is 1.63. The third-order valence-corrected chi connectivity index (χ3v) is 3.75. The summed E-state index contributed by atoms with van der Waals surface area (Å²) in [6.07, 6.45) is 0.945. The van der Waals surface area contributed by atoms with E-state index in [9.17, 15) is 0 Å². The molecule has 94 valence electrons. The van der Waals surface area contributed by atoms with Crippen LogP contribution in [0.5, 0.6) is 0 Å². The Morgan fingerprint density at radius 2 is 2.39 bits per heavy atom. The van der Waals surface area contributed by atoms with E-state index in [-0.39, 0.29) is 0 Å². The van der Waals surface area contributed by atoms with E-state index in [1.165, 1.54) is 5.56 Å². The van der Waals surface area contributed by atoms with Crippen LogP contribution in [0.4, 0.5) is 0 Å². The lowest BCUT2D eigenvalue weighted by Crippen LogP contribution is -2.17. The zero-order chi connectivity index (χ0) is 13.0. The van der Waals surface area contributed by atoms with Crippen LogP contribution >= 0.6 is 11.3 Å². The topological polar surface area (TPSA) is 53.6 Å². The third kappa shape index (κ3) is 2.78. The minimum Gasteiger partial charge on any atom is -0.340 e. The lowest BCUT2D eigenvalue weighted by molar-refractivity contribution is 0.676. The molecule has 0 aliphatic carbocycles. The molecule has 0 saturated heterocycles. The molecule has 2 rings (SSSR count). The number of hydrogen-bond acceptors (Lipinski definition) is 4.